The first kappa shape index (κ1) is 16.0. The Morgan fingerprint density at radius 1 is 1.08 bits per heavy atom. The SMILES string of the molecule is COc1ccc(CC(NC(C)=O)c2ccc3ccccc3n2)cc1. The normalized spacial score (nSPS) is 11.9. The van der Waals surface area contributed by atoms with E-state index in [0.29, 0.717) is 6.42 Å². The van der Waals surface area contributed by atoms with Crippen molar-refractivity contribution in [2.45, 2.75) is 19.4 Å². The standard InChI is InChI=1S/C20H20N2O2/c1-14(23)21-20(13-15-7-10-17(24-2)11-8-15)19-12-9-16-5-3-4-6-18(16)22-19/h3-12,20H,13H2,1-2H3,(H,21,23). The molecule has 0 spiro atoms. The minimum Gasteiger partial charge on any atom is -0.497 e. The average Bonchev–Trinajstić information content (AvgIpc) is 2.61. The molecule has 0 radical (unpaired) electrons. The molecule has 3 aromatic rings. The monoisotopic (exact) mass is 320 g/mol. The number of aromatic nitrogens is 1. The molecule has 0 saturated carbocycles. The summed E-state index contributed by atoms with van der Waals surface area (Å²) in [6, 6.07) is 19.7. The van der Waals surface area contributed by atoms with E-state index in [0.717, 1.165) is 27.9 Å². The second-order valence-electron chi connectivity index (χ2n) is 5.73. The van der Waals surface area contributed by atoms with Gasteiger partial charge in [-0.25, -0.2) is 0 Å². The van der Waals surface area contributed by atoms with Crippen molar-refractivity contribution < 1.29 is 9.53 Å². The average molecular weight is 320 g/mol. The van der Waals surface area contributed by atoms with Gasteiger partial charge < -0.3 is 10.1 Å². The van der Waals surface area contributed by atoms with Crippen molar-refractivity contribution in [2.75, 3.05) is 7.11 Å². The molecule has 0 aliphatic carbocycles. The lowest BCUT2D eigenvalue weighted by Gasteiger charge is -2.18. The first-order valence-corrected chi connectivity index (χ1v) is 7.91. The van der Waals surface area contributed by atoms with Crippen molar-refractivity contribution in [1.29, 1.82) is 0 Å². The number of para-hydroxylation sites is 1. The van der Waals surface area contributed by atoms with Crippen LogP contribution in [0.5, 0.6) is 5.75 Å². The lowest BCUT2D eigenvalue weighted by Crippen LogP contribution is -2.28. The van der Waals surface area contributed by atoms with Crippen molar-refractivity contribution in [3.63, 3.8) is 0 Å². The minimum absolute atomic E-state index is 0.0662. The lowest BCUT2D eigenvalue weighted by molar-refractivity contribution is -0.119. The molecule has 0 saturated heterocycles. The number of benzene rings is 2. The molecular weight excluding hydrogens is 300 g/mol. The van der Waals surface area contributed by atoms with Gasteiger partial charge in [0.15, 0.2) is 0 Å². The van der Waals surface area contributed by atoms with Crippen LogP contribution >= 0.6 is 0 Å². The maximum Gasteiger partial charge on any atom is 0.217 e. The Balaban J connectivity index is 1.90. The van der Waals surface area contributed by atoms with Gasteiger partial charge in [0.25, 0.3) is 0 Å². The lowest BCUT2D eigenvalue weighted by atomic mass is 10.0. The number of carbonyl (C=O) groups is 1. The number of carbonyl (C=O) groups excluding carboxylic acids is 1. The third-order valence-electron chi connectivity index (χ3n) is 3.95. The first-order valence-electron chi connectivity index (χ1n) is 7.91. The fraction of sp³-hybridized carbons (Fsp3) is 0.200. The van der Waals surface area contributed by atoms with Crippen molar-refractivity contribution in [3.05, 3.63) is 71.9 Å². The molecule has 122 valence electrons. The number of rotatable bonds is 5. The molecule has 1 amide bonds. The van der Waals surface area contributed by atoms with Crippen LogP contribution in [0.3, 0.4) is 0 Å². The number of nitrogens with zero attached hydrogens (tertiary/aromatic N) is 1. The summed E-state index contributed by atoms with van der Waals surface area (Å²) in [4.78, 5) is 16.3. The first-order chi connectivity index (χ1) is 11.7. The molecule has 4 heteroatoms. The van der Waals surface area contributed by atoms with Crippen LogP contribution in [-0.4, -0.2) is 18.0 Å². The van der Waals surface area contributed by atoms with E-state index in [-0.39, 0.29) is 11.9 Å². The summed E-state index contributed by atoms with van der Waals surface area (Å²) in [5.41, 5.74) is 2.91. The fourth-order valence-corrected chi connectivity index (χ4v) is 2.75. The van der Waals surface area contributed by atoms with Crippen LogP contribution in [0, 0.1) is 0 Å². The molecule has 2 aromatic carbocycles. The van der Waals surface area contributed by atoms with E-state index in [1.807, 2.05) is 60.7 Å². The van der Waals surface area contributed by atoms with Gasteiger partial charge in [-0.2, -0.15) is 0 Å². The van der Waals surface area contributed by atoms with E-state index in [1.54, 1.807) is 7.11 Å². The van der Waals surface area contributed by atoms with Crippen LogP contribution in [0.15, 0.2) is 60.7 Å². The van der Waals surface area contributed by atoms with E-state index in [1.165, 1.54) is 6.92 Å². The molecule has 0 bridgehead atoms. The molecule has 1 unspecified atom stereocenters. The van der Waals surface area contributed by atoms with Gasteiger partial charge in [-0.1, -0.05) is 36.4 Å². The van der Waals surface area contributed by atoms with E-state index >= 15 is 0 Å². The molecule has 1 aromatic heterocycles. The molecular formula is C20H20N2O2. The predicted molar refractivity (Wildman–Crippen MR) is 95.0 cm³/mol. The molecule has 0 aliphatic rings. The van der Waals surface area contributed by atoms with Crippen LogP contribution in [0.25, 0.3) is 10.9 Å². The van der Waals surface area contributed by atoms with Gasteiger partial charge in [0.1, 0.15) is 5.75 Å². The number of amides is 1. The summed E-state index contributed by atoms with van der Waals surface area (Å²) in [6.07, 6.45) is 0.676. The maximum atomic E-state index is 11.6. The molecule has 1 N–H and O–H groups in total. The molecule has 4 nitrogen and oxygen atoms in total. The molecule has 0 aliphatic heterocycles. The van der Waals surface area contributed by atoms with Crippen molar-refractivity contribution in [3.8, 4) is 5.75 Å². The Bertz CT molecular complexity index is 844. The van der Waals surface area contributed by atoms with Crippen LogP contribution in [0.1, 0.15) is 24.2 Å². The summed E-state index contributed by atoms with van der Waals surface area (Å²) in [5.74, 6) is 0.752. The Hall–Kier alpha value is -2.88. The maximum absolute atomic E-state index is 11.6. The second-order valence-corrected chi connectivity index (χ2v) is 5.73. The third-order valence-corrected chi connectivity index (χ3v) is 3.95. The van der Waals surface area contributed by atoms with Gasteiger partial charge in [-0.15, -0.1) is 0 Å². The van der Waals surface area contributed by atoms with Gasteiger partial charge in [0.05, 0.1) is 24.4 Å². The Morgan fingerprint density at radius 2 is 1.83 bits per heavy atom. The number of pyridine rings is 1. The highest BCUT2D eigenvalue weighted by atomic mass is 16.5. The fourth-order valence-electron chi connectivity index (χ4n) is 2.75. The second kappa shape index (κ2) is 7.13. The molecule has 1 heterocycles. The number of methoxy groups -OCH3 is 1. The number of hydrogen-bond acceptors (Lipinski definition) is 3. The molecule has 3 rings (SSSR count). The number of hydrogen-bond donors (Lipinski definition) is 1. The van der Waals surface area contributed by atoms with Gasteiger partial charge in [-0.3, -0.25) is 9.78 Å². The van der Waals surface area contributed by atoms with Crippen LogP contribution < -0.4 is 10.1 Å². The quantitative estimate of drug-likeness (QED) is 0.780. The Morgan fingerprint density at radius 3 is 2.54 bits per heavy atom. The summed E-state index contributed by atoms with van der Waals surface area (Å²) >= 11 is 0. The number of nitrogens with one attached hydrogen (secondary N) is 1. The Kier molecular flexibility index (Phi) is 4.75. The van der Waals surface area contributed by atoms with Crippen molar-refractivity contribution in [2.24, 2.45) is 0 Å². The molecule has 24 heavy (non-hydrogen) atoms. The summed E-state index contributed by atoms with van der Waals surface area (Å²) in [7, 11) is 1.65. The highest BCUT2D eigenvalue weighted by molar-refractivity contribution is 5.78. The molecule has 0 fully saturated rings. The van der Waals surface area contributed by atoms with Gasteiger partial charge in [0.2, 0.25) is 5.91 Å². The van der Waals surface area contributed by atoms with Gasteiger partial charge in [0, 0.05) is 12.3 Å². The summed E-state index contributed by atoms with van der Waals surface area (Å²) in [6.45, 7) is 1.53. The summed E-state index contributed by atoms with van der Waals surface area (Å²) < 4.78 is 5.19. The topological polar surface area (TPSA) is 51.2 Å². The summed E-state index contributed by atoms with van der Waals surface area (Å²) in [5, 5.41) is 4.10. The van der Waals surface area contributed by atoms with Crippen molar-refractivity contribution >= 4 is 16.8 Å². The third kappa shape index (κ3) is 3.71. The zero-order valence-corrected chi connectivity index (χ0v) is 13.8. The predicted octanol–water partition coefficient (Wildman–Crippen LogP) is 3.66. The van der Waals surface area contributed by atoms with E-state index < -0.39 is 0 Å². The number of ether oxygens (including phenoxy) is 1. The van der Waals surface area contributed by atoms with E-state index in [2.05, 4.69) is 5.32 Å². The van der Waals surface area contributed by atoms with Gasteiger partial charge >= 0.3 is 0 Å². The molecule has 1 atom stereocenters. The number of fused-ring (bicyclic) bond motifs is 1. The van der Waals surface area contributed by atoms with Crippen LogP contribution in [0.4, 0.5) is 0 Å². The Labute approximate surface area is 141 Å². The van der Waals surface area contributed by atoms with Crippen LogP contribution in [0.2, 0.25) is 0 Å². The van der Waals surface area contributed by atoms with E-state index in [4.69, 9.17) is 9.72 Å². The van der Waals surface area contributed by atoms with Gasteiger partial charge in [-0.05, 0) is 36.2 Å². The zero-order chi connectivity index (χ0) is 16.9. The van der Waals surface area contributed by atoms with E-state index in [9.17, 15) is 4.79 Å². The largest absolute Gasteiger partial charge is 0.497 e. The van der Waals surface area contributed by atoms with Crippen molar-refractivity contribution in [1.82, 2.24) is 10.3 Å². The van der Waals surface area contributed by atoms with Crippen LogP contribution in [-0.2, 0) is 11.2 Å². The smallest absolute Gasteiger partial charge is 0.217 e. The highest BCUT2D eigenvalue weighted by Crippen LogP contribution is 2.21. The zero-order valence-electron chi connectivity index (χ0n) is 13.8. The highest BCUT2D eigenvalue weighted by Gasteiger charge is 2.15. The minimum atomic E-state index is -0.166.